The number of benzene rings is 2. The zero-order chi connectivity index (χ0) is 21.5. The Morgan fingerprint density at radius 2 is 1.32 bits per heavy atom. The molecule has 11 heteroatoms. The van der Waals surface area contributed by atoms with Gasteiger partial charge >= 0.3 is 74.3 Å². The van der Waals surface area contributed by atoms with Gasteiger partial charge in [0.15, 0.2) is 11.2 Å². The Morgan fingerprint density at radius 3 is 1.74 bits per heavy atom. The second-order valence-electron chi connectivity index (χ2n) is 6.37. The first-order valence-electron chi connectivity index (χ1n) is 9.31. The summed E-state index contributed by atoms with van der Waals surface area (Å²) in [5.74, 6) is -1.25. The summed E-state index contributed by atoms with van der Waals surface area (Å²) >= 11 is 0. The summed E-state index contributed by atoms with van der Waals surface area (Å²) in [5, 5.41) is -1.76. The first-order chi connectivity index (χ1) is 13.7. The molecule has 162 valence electrons. The predicted octanol–water partition coefficient (Wildman–Crippen LogP) is 3.52. The van der Waals surface area contributed by atoms with Crippen molar-refractivity contribution < 1.29 is 32.8 Å². The van der Waals surface area contributed by atoms with Gasteiger partial charge in [0.25, 0.3) is 0 Å². The topological polar surface area (TPSA) is 110 Å². The van der Waals surface area contributed by atoms with E-state index in [0.717, 1.165) is 0 Å². The quantitative estimate of drug-likeness (QED) is 0.283. The van der Waals surface area contributed by atoms with Gasteiger partial charge in [0, 0.05) is 11.5 Å². The number of hydrogen-bond donors (Lipinski definition) is 2. The van der Waals surface area contributed by atoms with E-state index in [0.29, 0.717) is 11.1 Å². The Bertz CT molecular complexity index is 881. The summed E-state index contributed by atoms with van der Waals surface area (Å²) in [5.41, 5.74) is 0.966. The maximum atomic E-state index is 13.2. The van der Waals surface area contributed by atoms with Crippen LogP contribution in [0.25, 0.3) is 0 Å². The first-order valence-corrected chi connectivity index (χ1v) is 12.6. The van der Waals surface area contributed by atoms with Crippen LogP contribution in [0.5, 0.6) is 0 Å². The molecule has 2 aromatic carbocycles. The molecule has 0 saturated carbocycles. The molecule has 7 nitrogen and oxygen atoms in total. The Hall–Kier alpha value is 0.410. The third kappa shape index (κ3) is 8.94. The molecule has 2 rings (SSSR count). The minimum atomic E-state index is -4.93. The molecule has 2 aromatic rings. The number of Topliss-reactive ketones (excluding diaryl/α,β-unsaturated/α-hetero) is 1. The third-order valence-corrected chi connectivity index (χ3v) is 9.31. The van der Waals surface area contributed by atoms with Crippen molar-refractivity contribution in [2.45, 2.75) is 31.6 Å². The SMILES string of the molecule is CCOP(=O)(OCC)C(CC(C(=O)c1ccccc1)c1ccccc1)P(=O)(O)O.[NaH].[NaH]. The van der Waals surface area contributed by atoms with Gasteiger partial charge in [-0.25, -0.2) is 0 Å². The van der Waals surface area contributed by atoms with Crippen LogP contribution in [0.2, 0.25) is 0 Å². The third-order valence-electron chi connectivity index (χ3n) is 4.39. The van der Waals surface area contributed by atoms with Crippen molar-refractivity contribution in [1.29, 1.82) is 0 Å². The van der Waals surface area contributed by atoms with Crippen LogP contribution < -0.4 is 0 Å². The van der Waals surface area contributed by atoms with E-state index in [1.165, 1.54) is 0 Å². The van der Waals surface area contributed by atoms with Gasteiger partial charge in [-0.15, -0.1) is 0 Å². The van der Waals surface area contributed by atoms with Crippen molar-refractivity contribution in [2.75, 3.05) is 13.2 Å². The van der Waals surface area contributed by atoms with Gasteiger partial charge in [0.05, 0.1) is 13.2 Å². The number of rotatable bonds is 11. The molecular formula is C20H28Na2O7P2. The van der Waals surface area contributed by atoms with Gasteiger partial charge in [-0.2, -0.15) is 0 Å². The Balaban J connectivity index is 0.00000450. The molecule has 0 heterocycles. The monoisotopic (exact) mass is 488 g/mol. The van der Waals surface area contributed by atoms with Gasteiger partial charge in [-0.05, 0) is 25.8 Å². The van der Waals surface area contributed by atoms with E-state index in [2.05, 4.69) is 0 Å². The van der Waals surface area contributed by atoms with Crippen LogP contribution in [0, 0.1) is 0 Å². The Kier molecular flexibility index (Phi) is 14.8. The van der Waals surface area contributed by atoms with Crippen LogP contribution in [0.1, 0.15) is 42.1 Å². The molecule has 0 aromatic heterocycles. The predicted molar refractivity (Wildman–Crippen MR) is 126 cm³/mol. The van der Waals surface area contributed by atoms with Crippen molar-refractivity contribution in [3.05, 3.63) is 71.8 Å². The zero-order valence-corrected chi connectivity index (χ0v) is 18.2. The first kappa shape index (κ1) is 31.4. The summed E-state index contributed by atoms with van der Waals surface area (Å²) in [6.07, 6.45) is -0.376. The van der Waals surface area contributed by atoms with Gasteiger partial charge in [0.2, 0.25) is 0 Å². The summed E-state index contributed by atoms with van der Waals surface area (Å²) in [7, 11) is -9.10. The van der Waals surface area contributed by atoms with E-state index in [9.17, 15) is 23.7 Å². The summed E-state index contributed by atoms with van der Waals surface area (Å²) in [6, 6.07) is 17.1. The van der Waals surface area contributed by atoms with E-state index < -0.39 is 26.5 Å². The van der Waals surface area contributed by atoms with Crippen molar-refractivity contribution >= 4 is 80.1 Å². The van der Waals surface area contributed by atoms with E-state index >= 15 is 0 Å². The number of hydrogen-bond acceptors (Lipinski definition) is 5. The molecule has 0 amide bonds. The van der Waals surface area contributed by atoms with E-state index in [1.54, 1.807) is 74.5 Å². The van der Waals surface area contributed by atoms with Gasteiger partial charge < -0.3 is 18.8 Å². The normalized spacial score (nSPS) is 13.4. The summed E-state index contributed by atoms with van der Waals surface area (Å²) in [6.45, 7) is 3.03. The number of carbonyl (C=O) groups is 1. The molecule has 0 fully saturated rings. The molecule has 0 aliphatic carbocycles. The molecule has 2 N–H and O–H groups in total. The van der Waals surface area contributed by atoms with Crippen LogP contribution in [-0.2, 0) is 18.2 Å². The van der Waals surface area contributed by atoms with Gasteiger partial charge in [-0.3, -0.25) is 13.9 Å². The van der Waals surface area contributed by atoms with Crippen LogP contribution >= 0.6 is 15.2 Å². The van der Waals surface area contributed by atoms with Crippen molar-refractivity contribution in [2.24, 2.45) is 0 Å². The molecule has 31 heavy (non-hydrogen) atoms. The Labute approximate surface area is 227 Å². The van der Waals surface area contributed by atoms with Crippen LogP contribution in [0.3, 0.4) is 0 Å². The van der Waals surface area contributed by atoms with Crippen LogP contribution in [0.15, 0.2) is 60.7 Å². The maximum absolute atomic E-state index is 13.2. The van der Waals surface area contributed by atoms with Crippen molar-refractivity contribution in [3.8, 4) is 0 Å². The average Bonchev–Trinajstić information content (AvgIpc) is 2.69. The second kappa shape index (κ2) is 14.6. The van der Waals surface area contributed by atoms with Crippen LogP contribution in [0.4, 0.5) is 0 Å². The molecule has 0 aliphatic heterocycles. The number of carbonyl (C=O) groups excluding carboxylic acids is 1. The second-order valence-corrected chi connectivity index (χ2v) is 10.8. The van der Waals surface area contributed by atoms with Gasteiger partial charge in [-0.1, -0.05) is 60.7 Å². The minimum absolute atomic E-state index is 0. The van der Waals surface area contributed by atoms with Gasteiger partial charge in [0.1, 0.15) is 0 Å². The van der Waals surface area contributed by atoms with E-state index in [4.69, 9.17) is 9.05 Å². The molecule has 0 spiro atoms. The zero-order valence-electron chi connectivity index (χ0n) is 16.4. The fraction of sp³-hybridized carbons (Fsp3) is 0.350. The fourth-order valence-electron chi connectivity index (χ4n) is 3.11. The van der Waals surface area contributed by atoms with Crippen LogP contribution in [-0.4, -0.2) is 93.3 Å². The molecule has 0 radical (unpaired) electrons. The standard InChI is InChI=1S/C20H26O7P2.2Na.2H/c1-3-26-29(25,27-4-2)19(28(22,23)24)15-18(16-11-7-5-8-12-16)20(21)17-13-9-6-10-14-17;;;;/h5-14,18-19H,3-4,15H2,1-2H3,(H2,22,23,24);;;;. The summed E-state index contributed by atoms with van der Waals surface area (Å²) < 4.78 is 36.0. The number of ketones is 1. The molecule has 2 atom stereocenters. The molecular weight excluding hydrogens is 460 g/mol. The van der Waals surface area contributed by atoms with Crippen molar-refractivity contribution in [3.63, 3.8) is 0 Å². The fourth-order valence-corrected chi connectivity index (χ4v) is 7.08. The van der Waals surface area contributed by atoms with E-state index in [-0.39, 0.29) is 84.5 Å². The molecule has 0 aliphatic rings. The molecule has 2 unspecified atom stereocenters. The van der Waals surface area contributed by atoms with Crippen molar-refractivity contribution in [1.82, 2.24) is 0 Å². The summed E-state index contributed by atoms with van der Waals surface area (Å²) in [4.78, 5) is 33.2. The molecule has 0 bridgehead atoms. The molecule has 0 saturated heterocycles. The van der Waals surface area contributed by atoms with E-state index in [1.807, 2.05) is 0 Å². The Morgan fingerprint density at radius 1 is 0.871 bits per heavy atom. The average molecular weight is 488 g/mol.